The zero-order chi connectivity index (χ0) is 13.7. The number of benzene rings is 1. The molecule has 0 aliphatic heterocycles. The molecule has 5 nitrogen and oxygen atoms in total. The molecule has 96 valence electrons. The SMILES string of the molecule is CC(Oc1ccc(Br)cc1C=CC(=O)O)C(=O)O. The Bertz CT molecular complexity index is 495. The highest BCUT2D eigenvalue weighted by atomic mass is 79.9. The van der Waals surface area contributed by atoms with Crippen molar-refractivity contribution in [2.24, 2.45) is 0 Å². The van der Waals surface area contributed by atoms with Crippen molar-refractivity contribution in [3.05, 3.63) is 34.3 Å². The summed E-state index contributed by atoms with van der Waals surface area (Å²) in [6, 6.07) is 4.90. The maximum absolute atomic E-state index is 10.7. The third-order valence-electron chi connectivity index (χ3n) is 2.03. The summed E-state index contributed by atoms with van der Waals surface area (Å²) < 4.78 is 5.97. The summed E-state index contributed by atoms with van der Waals surface area (Å²) in [4.78, 5) is 21.2. The molecule has 0 saturated heterocycles. The van der Waals surface area contributed by atoms with Gasteiger partial charge in [-0.15, -0.1) is 0 Å². The number of carboxylic acids is 2. The third kappa shape index (κ3) is 4.21. The summed E-state index contributed by atoms with van der Waals surface area (Å²) in [6.07, 6.45) is 1.29. The molecule has 18 heavy (non-hydrogen) atoms. The summed E-state index contributed by atoms with van der Waals surface area (Å²) in [5, 5.41) is 17.3. The number of rotatable bonds is 5. The van der Waals surface area contributed by atoms with Crippen molar-refractivity contribution in [3.8, 4) is 5.75 Å². The van der Waals surface area contributed by atoms with E-state index in [0.29, 0.717) is 11.3 Å². The predicted molar refractivity (Wildman–Crippen MR) is 68.5 cm³/mol. The summed E-state index contributed by atoms with van der Waals surface area (Å²) >= 11 is 3.25. The molecule has 0 heterocycles. The van der Waals surface area contributed by atoms with Crippen LogP contribution in [0.1, 0.15) is 12.5 Å². The van der Waals surface area contributed by atoms with Crippen molar-refractivity contribution in [3.63, 3.8) is 0 Å². The average molecular weight is 315 g/mol. The summed E-state index contributed by atoms with van der Waals surface area (Å²) in [5.74, 6) is -1.87. The number of ether oxygens (including phenoxy) is 1. The van der Waals surface area contributed by atoms with Gasteiger partial charge in [0.15, 0.2) is 6.10 Å². The van der Waals surface area contributed by atoms with Crippen LogP contribution in [-0.4, -0.2) is 28.3 Å². The molecule has 0 bridgehead atoms. The molecule has 6 heteroatoms. The Hall–Kier alpha value is -1.82. The third-order valence-corrected chi connectivity index (χ3v) is 2.52. The minimum atomic E-state index is -1.09. The molecule has 0 aliphatic rings. The topological polar surface area (TPSA) is 83.8 Å². The first-order chi connectivity index (χ1) is 8.40. The second kappa shape index (κ2) is 6.20. The van der Waals surface area contributed by atoms with Crippen LogP contribution in [0.4, 0.5) is 0 Å². The number of carbonyl (C=O) groups is 2. The smallest absolute Gasteiger partial charge is 0.344 e. The molecule has 1 aromatic rings. The van der Waals surface area contributed by atoms with E-state index in [1.54, 1.807) is 18.2 Å². The van der Waals surface area contributed by atoms with E-state index in [4.69, 9.17) is 14.9 Å². The van der Waals surface area contributed by atoms with Gasteiger partial charge in [0.2, 0.25) is 0 Å². The van der Waals surface area contributed by atoms with E-state index in [2.05, 4.69) is 15.9 Å². The highest BCUT2D eigenvalue weighted by molar-refractivity contribution is 9.10. The summed E-state index contributed by atoms with van der Waals surface area (Å²) in [7, 11) is 0. The molecular weight excluding hydrogens is 304 g/mol. The Morgan fingerprint density at radius 3 is 2.61 bits per heavy atom. The number of hydrogen-bond acceptors (Lipinski definition) is 3. The molecule has 0 spiro atoms. The molecule has 0 saturated carbocycles. The van der Waals surface area contributed by atoms with Crippen molar-refractivity contribution >= 4 is 33.9 Å². The van der Waals surface area contributed by atoms with Crippen molar-refractivity contribution in [1.82, 2.24) is 0 Å². The van der Waals surface area contributed by atoms with E-state index >= 15 is 0 Å². The lowest BCUT2D eigenvalue weighted by Crippen LogP contribution is -2.23. The zero-order valence-electron chi connectivity index (χ0n) is 9.46. The predicted octanol–water partition coefficient (Wildman–Crippen LogP) is 2.40. The minimum absolute atomic E-state index is 0.311. The molecule has 0 fully saturated rings. The van der Waals surface area contributed by atoms with Gasteiger partial charge in [-0.2, -0.15) is 0 Å². The molecule has 1 atom stereocenters. The van der Waals surface area contributed by atoms with Crippen LogP contribution in [0.3, 0.4) is 0 Å². The van der Waals surface area contributed by atoms with Crippen LogP contribution >= 0.6 is 15.9 Å². The molecule has 1 unspecified atom stereocenters. The van der Waals surface area contributed by atoms with Gasteiger partial charge in [0.05, 0.1) is 0 Å². The van der Waals surface area contributed by atoms with Crippen LogP contribution in [0.2, 0.25) is 0 Å². The van der Waals surface area contributed by atoms with Gasteiger partial charge in [0.1, 0.15) is 5.75 Å². The minimum Gasteiger partial charge on any atom is -0.479 e. The van der Waals surface area contributed by atoms with Crippen LogP contribution in [0.5, 0.6) is 5.75 Å². The first kappa shape index (κ1) is 14.2. The lowest BCUT2D eigenvalue weighted by Gasteiger charge is -2.13. The molecule has 0 amide bonds. The van der Waals surface area contributed by atoms with Gasteiger partial charge in [-0.1, -0.05) is 15.9 Å². The Kier molecular flexibility index (Phi) is 4.91. The van der Waals surface area contributed by atoms with Crippen LogP contribution in [0.25, 0.3) is 6.08 Å². The number of aliphatic carboxylic acids is 2. The first-order valence-electron chi connectivity index (χ1n) is 5.00. The molecule has 1 aromatic carbocycles. The lowest BCUT2D eigenvalue weighted by atomic mass is 10.2. The van der Waals surface area contributed by atoms with Crippen LogP contribution in [0, 0.1) is 0 Å². The second-order valence-electron chi connectivity index (χ2n) is 3.45. The molecular formula is C12H11BrO5. The molecule has 0 aliphatic carbocycles. The second-order valence-corrected chi connectivity index (χ2v) is 4.37. The fourth-order valence-corrected chi connectivity index (χ4v) is 1.54. The van der Waals surface area contributed by atoms with Gasteiger partial charge < -0.3 is 14.9 Å². The molecule has 0 aromatic heterocycles. The maximum Gasteiger partial charge on any atom is 0.344 e. The van der Waals surface area contributed by atoms with Gasteiger partial charge in [-0.25, -0.2) is 9.59 Å². The largest absolute Gasteiger partial charge is 0.479 e. The monoisotopic (exact) mass is 314 g/mol. The van der Waals surface area contributed by atoms with E-state index in [9.17, 15) is 9.59 Å². The Balaban J connectivity index is 3.03. The van der Waals surface area contributed by atoms with Crippen LogP contribution in [-0.2, 0) is 9.59 Å². The van der Waals surface area contributed by atoms with Crippen molar-refractivity contribution in [2.45, 2.75) is 13.0 Å². The highest BCUT2D eigenvalue weighted by Gasteiger charge is 2.14. The number of carboxylic acid groups (broad SMARTS) is 2. The summed E-state index contributed by atoms with van der Waals surface area (Å²) in [5.41, 5.74) is 0.486. The first-order valence-corrected chi connectivity index (χ1v) is 5.79. The Morgan fingerprint density at radius 2 is 2.06 bits per heavy atom. The standard InChI is InChI=1S/C12H11BrO5/c1-7(12(16)17)18-10-4-3-9(13)6-8(10)2-5-11(14)15/h2-7H,1H3,(H,14,15)(H,16,17). The van der Waals surface area contributed by atoms with E-state index in [1.807, 2.05) is 0 Å². The van der Waals surface area contributed by atoms with Gasteiger partial charge >= 0.3 is 11.9 Å². The van der Waals surface area contributed by atoms with E-state index in [-0.39, 0.29) is 0 Å². The van der Waals surface area contributed by atoms with Crippen molar-refractivity contribution in [2.75, 3.05) is 0 Å². The maximum atomic E-state index is 10.7. The average Bonchev–Trinajstić information content (AvgIpc) is 2.29. The van der Waals surface area contributed by atoms with E-state index in [0.717, 1.165) is 10.5 Å². The highest BCUT2D eigenvalue weighted by Crippen LogP contribution is 2.25. The molecule has 1 rings (SSSR count). The van der Waals surface area contributed by atoms with Gasteiger partial charge in [0.25, 0.3) is 0 Å². The lowest BCUT2D eigenvalue weighted by molar-refractivity contribution is -0.144. The van der Waals surface area contributed by atoms with Crippen molar-refractivity contribution in [1.29, 1.82) is 0 Å². The molecule has 0 radical (unpaired) electrons. The van der Waals surface area contributed by atoms with E-state index in [1.165, 1.54) is 13.0 Å². The number of hydrogen-bond donors (Lipinski definition) is 2. The van der Waals surface area contributed by atoms with Gasteiger partial charge in [-0.05, 0) is 31.2 Å². The van der Waals surface area contributed by atoms with Gasteiger partial charge in [0, 0.05) is 16.1 Å². The van der Waals surface area contributed by atoms with Crippen LogP contribution in [0.15, 0.2) is 28.7 Å². The normalized spacial score (nSPS) is 12.3. The summed E-state index contributed by atoms with van der Waals surface area (Å²) in [6.45, 7) is 1.40. The van der Waals surface area contributed by atoms with Crippen LogP contribution < -0.4 is 4.74 Å². The Morgan fingerprint density at radius 1 is 1.39 bits per heavy atom. The van der Waals surface area contributed by atoms with Gasteiger partial charge in [-0.3, -0.25) is 0 Å². The molecule has 2 N–H and O–H groups in total. The van der Waals surface area contributed by atoms with E-state index < -0.39 is 18.0 Å². The quantitative estimate of drug-likeness (QED) is 0.815. The Labute approximate surface area is 112 Å². The fraction of sp³-hybridized carbons (Fsp3) is 0.167. The van der Waals surface area contributed by atoms with Crippen molar-refractivity contribution < 1.29 is 24.5 Å². The number of halogens is 1. The fourth-order valence-electron chi connectivity index (χ4n) is 1.16. The zero-order valence-corrected chi connectivity index (χ0v) is 11.0.